The van der Waals surface area contributed by atoms with Crippen molar-refractivity contribution in [3.8, 4) is 44.5 Å². The van der Waals surface area contributed by atoms with Gasteiger partial charge in [-0.15, -0.1) is 0 Å². The molecule has 244 valence electrons. The van der Waals surface area contributed by atoms with E-state index in [1.165, 1.54) is 14.7 Å². The average molecular weight is 769 g/mol. The van der Waals surface area contributed by atoms with Crippen LogP contribution in [-0.2, 0) is 0 Å². The van der Waals surface area contributed by atoms with Gasteiger partial charge in [0.15, 0.2) is 0 Å². The fourth-order valence-electron chi connectivity index (χ4n) is 7.08. The minimum absolute atomic E-state index is 0.884. The largest absolute Gasteiger partial charge is 0.354 e. The van der Waals surface area contributed by atoms with Crippen molar-refractivity contribution in [2.45, 2.75) is 13.8 Å². The Morgan fingerprint density at radius 1 is 0.373 bits per heavy atom. The van der Waals surface area contributed by atoms with Crippen molar-refractivity contribution in [1.82, 2.24) is 19.9 Å². The summed E-state index contributed by atoms with van der Waals surface area (Å²) in [5.74, 6) is 0. The highest BCUT2D eigenvalue weighted by molar-refractivity contribution is 14.1. The minimum Gasteiger partial charge on any atom is -0.354 e. The molecule has 0 unspecified atom stereocenters. The zero-order chi connectivity index (χ0) is 34.5. The lowest BCUT2D eigenvalue weighted by atomic mass is 10.0. The molecule has 7 aromatic rings. The molecule has 4 nitrogen and oxygen atoms in total. The van der Waals surface area contributed by atoms with E-state index in [0.29, 0.717) is 0 Å². The number of H-pyrrole nitrogens is 2. The second-order valence-corrected chi connectivity index (χ2v) is 14.4. The first-order valence-corrected chi connectivity index (χ1v) is 18.2. The van der Waals surface area contributed by atoms with E-state index in [0.717, 1.165) is 89.4 Å². The molecule has 0 atom stereocenters. The monoisotopic (exact) mass is 768 g/mol. The Balaban J connectivity index is 1.47. The first kappa shape index (κ1) is 31.2. The Morgan fingerprint density at radius 3 is 1.18 bits per heavy atom. The second-order valence-electron chi connectivity index (χ2n) is 13.1. The summed E-state index contributed by atoms with van der Waals surface area (Å²) >= 11 is 2.36. The maximum atomic E-state index is 5.39. The summed E-state index contributed by atoms with van der Waals surface area (Å²) in [6.07, 6.45) is 8.55. The maximum absolute atomic E-state index is 5.39. The summed E-state index contributed by atoms with van der Waals surface area (Å²) in [4.78, 5) is 18.5. The van der Waals surface area contributed by atoms with E-state index in [2.05, 4.69) is 198 Å². The van der Waals surface area contributed by atoms with Crippen LogP contribution in [0.2, 0.25) is 0 Å². The minimum atomic E-state index is 0.884. The van der Waals surface area contributed by atoms with E-state index in [-0.39, 0.29) is 0 Å². The number of aryl methyl sites for hydroxylation is 2. The molecule has 8 bridgehead atoms. The van der Waals surface area contributed by atoms with Crippen LogP contribution < -0.4 is 0 Å². The Kier molecular flexibility index (Phi) is 7.85. The molecule has 5 heteroatoms. The van der Waals surface area contributed by atoms with Crippen molar-refractivity contribution in [2.24, 2.45) is 0 Å². The highest BCUT2D eigenvalue weighted by Gasteiger charge is 2.19. The number of hydrogen-bond donors (Lipinski definition) is 2. The van der Waals surface area contributed by atoms with Crippen LogP contribution in [0.3, 0.4) is 0 Å². The molecular weight excluding hydrogens is 735 g/mol. The van der Waals surface area contributed by atoms with Gasteiger partial charge in [-0.25, -0.2) is 9.97 Å². The van der Waals surface area contributed by atoms with E-state index < -0.39 is 0 Å². The normalized spacial score (nSPS) is 12.1. The third-order valence-electron chi connectivity index (χ3n) is 9.63. The number of aromatic amines is 2. The van der Waals surface area contributed by atoms with Crippen LogP contribution in [0.25, 0.3) is 90.9 Å². The van der Waals surface area contributed by atoms with Crippen molar-refractivity contribution in [3.63, 3.8) is 0 Å². The SMILES string of the molecule is Cc1ccc(-c2c3nc(c(-c4ccc(I)cc4)c4nc(c(-c5ccc(C)cc5)c5ccc([nH]5)c(-c5ccccc5)c5ccc2[nH]5)C=C4)C=C3)cc1. The fraction of sp³-hybridized carbons (Fsp3) is 0.0435. The van der Waals surface area contributed by atoms with Crippen LogP contribution in [-0.4, -0.2) is 19.9 Å². The Morgan fingerprint density at radius 2 is 0.725 bits per heavy atom. The predicted octanol–water partition coefficient (Wildman–Crippen LogP) is 12.5. The molecule has 0 fully saturated rings. The number of rotatable bonds is 4. The van der Waals surface area contributed by atoms with Crippen molar-refractivity contribution in [2.75, 3.05) is 0 Å². The summed E-state index contributed by atoms with van der Waals surface area (Å²) in [6, 6.07) is 45.4. The average Bonchev–Trinajstić information content (AvgIpc) is 3.99. The van der Waals surface area contributed by atoms with E-state index in [9.17, 15) is 0 Å². The molecule has 4 aromatic carbocycles. The van der Waals surface area contributed by atoms with Gasteiger partial charge in [-0.3, -0.25) is 0 Å². The maximum Gasteiger partial charge on any atom is 0.0738 e. The van der Waals surface area contributed by atoms with Gasteiger partial charge in [0.25, 0.3) is 0 Å². The Hall–Kier alpha value is -5.79. The summed E-state index contributed by atoms with van der Waals surface area (Å²) in [7, 11) is 0. The van der Waals surface area contributed by atoms with Gasteiger partial charge in [0.1, 0.15) is 0 Å². The van der Waals surface area contributed by atoms with E-state index in [4.69, 9.17) is 9.97 Å². The number of aromatic nitrogens is 4. The molecule has 0 saturated heterocycles. The zero-order valence-electron chi connectivity index (χ0n) is 28.2. The van der Waals surface area contributed by atoms with E-state index >= 15 is 0 Å². The van der Waals surface area contributed by atoms with Crippen molar-refractivity contribution < 1.29 is 0 Å². The second kappa shape index (κ2) is 12.8. The number of fused-ring (bicyclic) bond motifs is 8. The molecule has 3 aromatic heterocycles. The van der Waals surface area contributed by atoms with Gasteiger partial charge in [-0.1, -0.05) is 102 Å². The molecule has 0 aliphatic carbocycles. The van der Waals surface area contributed by atoms with Crippen LogP contribution >= 0.6 is 22.6 Å². The highest BCUT2D eigenvalue weighted by Crippen LogP contribution is 2.38. The topological polar surface area (TPSA) is 57.4 Å². The predicted molar refractivity (Wildman–Crippen MR) is 223 cm³/mol. The molecule has 9 rings (SSSR count). The molecule has 2 N–H and O–H groups in total. The number of hydrogen-bond acceptors (Lipinski definition) is 2. The van der Waals surface area contributed by atoms with E-state index in [1.54, 1.807) is 0 Å². The van der Waals surface area contributed by atoms with Crippen molar-refractivity contribution in [3.05, 3.63) is 165 Å². The highest BCUT2D eigenvalue weighted by atomic mass is 127. The standard InChI is InChI=1S/C46H33IN4/c1-28-8-12-31(13-9-28)44-37-22-20-35(48-37)43(30-6-4-3-5-7-30)36-21-23-38(49-36)45(32-14-10-29(2)11-15-32)40-25-27-42(51-40)46(41-26-24-39(44)50-41)33-16-18-34(47)19-17-33/h3-27,48-49H,1-2H3. The van der Waals surface area contributed by atoms with Crippen LogP contribution in [0.15, 0.2) is 127 Å². The van der Waals surface area contributed by atoms with Crippen molar-refractivity contribution >= 4 is 69.0 Å². The molecule has 0 spiro atoms. The Bertz CT molecular complexity index is 2530. The van der Waals surface area contributed by atoms with Crippen LogP contribution in [0.5, 0.6) is 0 Å². The van der Waals surface area contributed by atoms with Crippen molar-refractivity contribution in [1.29, 1.82) is 0 Å². The van der Waals surface area contributed by atoms with Crippen LogP contribution in [0.1, 0.15) is 33.9 Å². The molecule has 2 aliphatic rings. The van der Waals surface area contributed by atoms with Crippen LogP contribution in [0.4, 0.5) is 0 Å². The molecule has 0 amide bonds. The van der Waals surface area contributed by atoms with Gasteiger partial charge < -0.3 is 9.97 Å². The quantitative estimate of drug-likeness (QED) is 0.175. The number of halogens is 1. The van der Waals surface area contributed by atoms with Gasteiger partial charge in [0.05, 0.1) is 22.8 Å². The van der Waals surface area contributed by atoms with Gasteiger partial charge in [0, 0.05) is 47.9 Å². The molecule has 51 heavy (non-hydrogen) atoms. The smallest absolute Gasteiger partial charge is 0.0738 e. The summed E-state index contributed by atoms with van der Waals surface area (Å²) < 4.78 is 1.18. The van der Waals surface area contributed by atoms with Crippen LogP contribution in [0, 0.1) is 17.4 Å². The molecule has 2 aliphatic heterocycles. The lowest BCUT2D eigenvalue weighted by molar-refractivity contribution is 1.27. The summed E-state index contributed by atoms with van der Waals surface area (Å²) in [5.41, 5.74) is 18.6. The fourth-order valence-corrected chi connectivity index (χ4v) is 7.44. The summed E-state index contributed by atoms with van der Waals surface area (Å²) in [5, 5.41) is 0. The number of benzene rings is 4. The third kappa shape index (κ3) is 5.83. The molecular formula is C46H33IN4. The third-order valence-corrected chi connectivity index (χ3v) is 10.3. The molecule has 5 heterocycles. The lowest BCUT2D eigenvalue weighted by Gasteiger charge is -2.07. The molecule has 0 saturated carbocycles. The van der Waals surface area contributed by atoms with Gasteiger partial charge in [-0.05, 0) is 119 Å². The van der Waals surface area contributed by atoms with E-state index in [1.807, 2.05) is 0 Å². The zero-order valence-corrected chi connectivity index (χ0v) is 30.4. The first-order chi connectivity index (χ1) is 25.0. The van der Waals surface area contributed by atoms with Gasteiger partial charge in [0.2, 0.25) is 0 Å². The number of nitrogens with one attached hydrogen (secondary N) is 2. The molecule has 0 radical (unpaired) electrons. The van der Waals surface area contributed by atoms with Gasteiger partial charge >= 0.3 is 0 Å². The number of nitrogens with zero attached hydrogens (tertiary/aromatic N) is 2. The lowest BCUT2D eigenvalue weighted by Crippen LogP contribution is -1.91. The van der Waals surface area contributed by atoms with Gasteiger partial charge in [-0.2, -0.15) is 0 Å². The summed E-state index contributed by atoms with van der Waals surface area (Å²) in [6.45, 7) is 4.24. The Labute approximate surface area is 310 Å². The first-order valence-electron chi connectivity index (χ1n) is 17.1.